The number of thiazole rings is 1. The molecule has 1 aromatic rings. The van der Waals surface area contributed by atoms with E-state index >= 15 is 0 Å². The number of hydrogen-bond donors (Lipinski definition) is 1. The Hall–Kier alpha value is -1.63. The summed E-state index contributed by atoms with van der Waals surface area (Å²) >= 11 is 1.62. The lowest BCUT2D eigenvalue weighted by atomic mass is 9.96. The molecule has 7 heteroatoms. The van der Waals surface area contributed by atoms with Crippen molar-refractivity contribution in [1.82, 2.24) is 15.2 Å². The number of aryl methyl sites for hydroxylation is 1. The van der Waals surface area contributed by atoms with Gasteiger partial charge in [-0.05, 0) is 40.5 Å². The lowest BCUT2D eigenvalue weighted by Gasteiger charge is -2.32. The van der Waals surface area contributed by atoms with Crippen molar-refractivity contribution < 1.29 is 14.3 Å². The topological polar surface area (TPSA) is 71.5 Å². The van der Waals surface area contributed by atoms with Gasteiger partial charge in [0.15, 0.2) is 0 Å². The first-order valence-electron chi connectivity index (χ1n) is 8.41. The molecular formula is C17H27N3O3S. The van der Waals surface area contributed by atoms with Crippen LogP contribution >= 0.6 is 11.3 Å². The van der Waals surface area contributed by atoms with Gasteiger partial charge >= 0.3 is 6.09 Å². The van der Waals surface area contributed by atoms with Crippen molar-refractivity contribution in [2.75, 3.05) is 19.6 Å². The molecule has 2 heterocycles. The summed E-state index contributed by atoms with van der Waals surface area (Å²) in [5, 5.41) is 6.06. The van der Waals surface area contributed by atoms with E-state index in [0.29, 0.717) is 32.5 Å². The van der Waals surface area contributed by atoms with Crippen LogP contribution in [0.3, 0.4) is 0 Å². The molecule has 0 spiro atoms. The standard InChI is InChI=1S/C17H27N3O3S/c1-12-19-14(11-24-12)5-8-18-15(21)13-6-9-20(10-7-13)16(22)23-17(2,3)4/h11,13H,5-10H2,1-4H3,(H,18,21). The van der Waals surface area contributed by atoms with Crippen LogP contribution in [0.4, 0.5) is 4.79 Å². The predicted octanol–water partition coefficient (Wildman–Crippen LogP) is 2.76. The van der Waals surface area contributed by atoms with Gasteiger partial charge in [-0.25, -0.2) is 9.78 Å². The molecule has 0 aliphatic carbocycles. The molecule has 0 unspecified atom stereocenters. The molecule has 1 N–H and O–H groups in total. The van der Waals surface area contributed by atoms with Crippen molar-refractivity contribution in [3.8, 4) is 0 Å². The average Bonchev–Trinajstić information content (AvgIpc) is 2.91. The fourth-order valence-corrected chi connectivity index (χ4v) is 3.28. The fraction of sp³-hybridized carbons (Fsp3) is 0.706. The van der Waals surface area contributed by atoms with Gasteiger partial charge in [-0.3, -0.25) is 4.79 Å². The highest BCUT2D eigenvalue weighted by Gasteiger charge is 2.29. The predicted molar refractivity (Wildman–Crippen MR) is 94.1 cm³/mol. The summed E-state index contributed by atoms with van der Waals surface area (Å²) in [7, 11) is 0. The number of amides is 2. The van der Waals surface area contributed by atoms with Crippen molar-refractivity contribution >= 4 is 23.3 Å². The molecule has 0 saturated carbocycles. The summed E-state index contributed by atoms with van der Waals surface area (Å²) in [5.74, 6) is 0.0478. The molecule has 1 aromatic heterocycles. The first-order valence-corrected chi connectivity index (χ1v) is 9.29. The number of carbonyl (C=O) groups is 2. The van der Waals surface area contributed by atoms with Gasteiger partial charge < -0.3 is 15.0 Å². The zero-order chi connectivity index (χ0) is 17.7. The molecule has 24 heavy (non-hydrogen) atoms. The molecule has 2 amide bonds. The molecule has 0 bridgehead atoms. The van der Waals surface area contributed by atoms with Crippen molar-refractivity contribution in [3.05, 3.63) is 16.1 Å². The SMILES string of the molecule is Cc1nc(CCNC(=O)C2CCN(C(=O)OC(C)(C)C)CC2)cs1. The van der Waals surface area contributed by atoms with Gasteiger partial charge in [0.05, 0.1) is 10.7 Å². The third-order valence-corrected chi connectivity index (χ3v) is 4.69. The highest BCUT2D eigenvalue weighted by molar-refractivity contribution is 7.09. The van der Waals surface area contributed by atoms with Crippen LogP contribution in [0.15, 0.2) is 5.38 Å². The first kappa shape index (κ1) is 18.7. The zero-order valence-corrected chi connectivity index (χ0v) is 15.7. The van der Waals surface area contributed by atoms with E-state index in [9.17, 15) is 9.59 Å². The van der Waals surface area contributed by atoms with E-state index in [1.165, 1.54) is 0 Å². The van der Waals surface area contributed by atoms with E-state index < -0.39 is 5.60 Å². The number of likely N-dealkylation sites (tertiary alicyclic amines) is 1. The number of carbonyl (C=O) groups excluding carboxylic acids is 2. The van der Waals surface area contributed by atoms with Crippen molar-refractivity contribution in [2.24, 2.45) is 5.92 Å². The van der Waals surface area contributed by atoms with Gasteiger partial charge in [0, 0.05) is 37.4 Å². The first-order chi connectivity index (χ1) is 11.2. The van der Waals surface area contributed by atoms with E-state index in [2.05, 4.69) is 10.3 Å². The number of piperidine rings is 1. The second-order valence-corrected chi connectivity index (χ2v) is 8.20. The quantitative estimate of drug-likeness (QED) is 0.903. The molecule has 6 nitrogen and oxygen atoms in total. The molecule has 1 aliphatic rings. The average molecular weight is 353 g/mol. The maximum Gasteiger partial charge on any atom is 0.410 e. The Morgan fingerprint density at radius 3 is 2.58 bits per heavy atom. The number of hydrogen-bond acceptors (Lipinski definition) is 5. The highest BCUT2D eigenvalue weighted by Crippen LogP contribution is 2.20. The van der Waals surface area contributed by atoms with Crippen LogP contribution in [-0.2, 0) is 16.0 Å². The van der Waals surface area contributed by atoms with E-state index in [0.717, 1.165) is 17.1 Å². The van der Waals surface area contributed by atoms with Crippen molar-refractivity contribution in [3.63, 3.8) is 0 Å². The monoisotopic (exact) mass is 353 g/mol. The minimum atomic E-state index is -0.487. The van der Waals surface area contributed by atoms with Crippen LogP contribution in [0, 0.1) is 12.8 Å². The Kier molecular flexibility index (Phi) is 6.21. The highest BCUT2D eigenvalue weighted by atomic mass is 32.1. The summed E-state index contributed by atoms with van der Waals surface area (Å²) in [6.07, 6.45) is 1.83. The number of nitrogens with zero attached hydrogens (tertiary/aromatic N) is 2. The molecular weight excluding hydrogens is 326 g/mol. The van der Waals surface area contributed by atoms with Gasteiger partial charge in [0.2, 0.25) is 5.91 Å². The summed E-state index contributed by atoms with van der Waals surface area (Å²) in [5.41, 5.74) is 0.539. The van der Waals surface area contributed by atoms with Crippen LogP contribution in [0.2, 0.25) is 0 Å². The van der Waals surface area contributed by atoms with Crippen LogP contribution < -0.4 is 5.32 Å². The van der Waals surface area contributed by atoms with E-state index in [-0.39, 0.29) is 17.9 Å². The van der Waals surface area contributed by atoms with Gasteiger partial charge in [-0.15, -0.1) is 11.3 Å². The summed E-state index contributed by atoms with van der Waals surface area (Å²) in [4.78, 5) is 30.3. The van der Waals surface area contributed by atoms with Crippen molar-refractivity contribution in [2.45, 2.75) is 52.6 Å². The Balaban J connectivity index is 1.69. The normalized spacial score (nSPS) is 16.1. The molecule has 134 valence electrons. The third kappa shape index (κ3) is 5.78. The van der Waals surface area contributed by atoms with Crippen LogP contribution in [0.1, 0.15) is 44.3 Å². The van der Waals surface area contributed by atoms with Crippen molar-refractivity contribution in [1.29, 1.82) is 0 Å². The van der Waals surface area contributed by atoms with Gasteiger partial charge in [0.25, 0.3) is 0 Å². The number of nitrogens with one attached hydrogen (secondary N) is 1. The largest absolute Gasteiger partial charge is 0.444 e. The summed E-state index contributed by atoms with van der Waals surface area (Å²) < 4.78 is 5.37. The van der Waals surface area contributed by atoms with Gasteiger partial charge in [-0.1, -0.05) is 0 Å². The number of rotatable bonds is 4. The Labute approximate surface area is 147 Å². The summed E-state index contributed by atoms with van der Waals surface area (Å²) in [6, 6.07) is 0. The van der Waals surface area contributed by atoms with E-state index in [1.807, 2.05) is 33.1 Å². The third-order valence-electron chi connectivity index (χ3n) is 3.86. The van der Waals surface area contributed by atoms with E-state index in [1.54, 1.807) is 16.2 Å². The molecule has 0 radical (unpaired) electrons. The molecule has 1 saturated heterocycles. The smallest absolute Gasteiger partial charge is 0.410 e. The van der Waals surface area contributed by atoms with E-state index in [4.69, 9.17) is 4.74 Å². The Morgan fingerprint density at radius 2 is 2.04 bits per heavy atom. The van der Waals surface area contributed by atoms with Crippen LogP contribution in [0.5, 0.6) is 0 Å². The Morgan fingerprint density at radius 1 is 1.38 bits per heavy atom. The maximum absolute atomic E-state index is 12.2. The fourth-order valence-electron chi connectivity index (χ4n) is 2.63. The van der Waals surface area contributed by atoms with Crippen LogP contribution in [-0.4, -0.2) is 47.1 Å². The molecule has 0 atom stereocenters. The second-order valence-electron chi connectivity index (χ2n) is 7.14. The van der Waals surface area contributed by atoms with Crippen LogP contribution in [0.25, 0.3) is 0 Å². The second kappa shape index (κ2) is 7.96. The molecule has 0 aromatic carbocycles. The number of ether oxygens (including phenoxy) is 1. The Bertz CT molecular complexity index is 572. The van der Waals surface area contributed by atoms with Gasteiger partial charge in [-0.2, -0.15) is 0 Å². The minimum Gasteiger partial charge on any atom is -0.444 e. The zero-order valence-electron chi connectivity index (χ0n) is 14.9. The minimum absolute atomic E-state index is 0.0270. The lowest BCUT2D eigenvalue weighted by molar-refractivity contribution is -0.126. The summed E-state index contributed by atoms with van der Waals surface area (Å²) in [6.45, 7) is 9.29. The number of aromatic nitrogens is 1. The molecule has 2 rings (SSSR count). The maximum atomic E-state index is 12.2. The lowest BCUT2D eigenvalue weighted by Crippen LogP contribution is -2.45. The van der Waals surface area contributed by atoms with Gasteiger partial charge in [0.1, 0.15) is 5.60 Å². The molecule has 1 aliphatic heterocycles. The molecule has 1 fully saturated rings.